The molecule has 1 rings (SSSR count). The van der Waals surface area contributed by atoms with Crippen LogP contribution in [0.15, 0.2) is 23.1 Å². The van der Waals surface area contributed by atoms with E-state index in [1.807, 2.05) is 13.0 Å². The first-order chi connectivity index (χ1) is 7.47. The first kappa shape index (κ1) is 12.8. The molecule has 0 fully saturated rings. The minimum absolute atomic E-state index is 0.270. The van der Waals surface area contributed by atoms with E-state index in [0.717, 1.165) is 11.1 Å². The number of hydrogen-bond acceptors (Lipinski definition) is 2. The first-order valence-corrected chi connectivity index (χ1v) is 6.46. The van der Waals surface area contributed by atoms with Gasteiger partial charge in [0.2, 0.25) is 10.0 Å². The summed E-state index contributed by atoms with van der Waals surface area (Å²) in [5.41, 5.74) is 1.79. The number of terminal acetylenes is 1. The predicted octanol–water partition coefficient (Wildman–Crippen LogP) is 1.61. The Morgan fingerprint density at radius 1 is 1.38 bits per heavy atom. The molecule has 0 spiro atoms. The molecule has 0 aliphatic rings. The summed E-state index contributed by atoms with van der Waals surface area (Å²) in [6.07, 6.45) is 5.45. The van der Waals surface area contributed by atoms with Crippen LogP contribution in [0.1, 0.15) is 17.5 Å². The molecule has 1 aromatic rings. The molecule has 0 heterocycles. The van der Waals surface area contributed by atoms with Crippen LogP contribution in [0, 0.1) is 26.2 Å². The molecule has 0 aliphatic carbocycles. The van der Waals surface area contributed by atoms with Gasteiger partial charge in [-0.3, -0.25) is 0 Å². The van der Waals surface area contributed by atoms with E-state index >= 15 is 0 Å². The summed E-state index contributed by atoms with van der Waals surface area (Å²) in [5.74, 6) is 2.39. The normalized spacial score (nSPS) is 11.1. The topological polar surface area (TPSA) is 46.2 Å². The van der Waals surface area contributed by atoms with Crippen molar-refractivity contribution in [3.63, 3.8) is 0 Å². The van der Waals surface area contributed by atoms with Crippen molar-refractivity contribution >= 4 is 10.0 Å². The smallest absolute Gasteiger partial charge is 0.210 e. The molecule has 1 N–H and O–H groups in total. The van der Waals surface area contributed by atoms with E-state index in [-0.39, 0.29) is 6.54 Å². The van der Waals surface area contributed by atoms with E-state index < -0.39 is 10.0 Å². The average molecular weight is 237 g/mol. The summed E-state index contributed by atoms with van der Waals surface area (Å²) in [7, 11) is -3.43. The van der Waals surface area contributed by atoms with Gasteiger partial charge in [0.25, 0.3) is 0 Å². The summed E-state index contributed by atoms with van der Waals surface area (Å²) in [6.45, 7) is 3.98. The number of aryl methyl sites for hydroxylation is 2. The Morgan fingerprint density at radius 3 is 2.62 bits per heavy atom. The highest BCUT2D eigenvalue weighted by Gasteiger charge is 2.15. The largest absolute Gasteiger partial charge is 0.240 e. The second-order valence-electron chi connectivity index (χ2n) is 3.62. The molecule has 3 nitrogen and oxygen atoms in total. The first-order valence-electron chi connectivity index (χ1n) is 4.98. The van der Waals surface area contributed by atoms with E-state index in [4.69, 9.17) is 6.42 Å². The molecule has 4 heteroatoms. The highest BCUT2D eigenvalue weighted by atomic mass is 32.2. The van der Waals surface area contributed by atoms with E-state index in [2.05, 4.69) is 10.6 Å². The SMILES string of the molecule is C#CCCNS(=O)(=O)c1ccc(C)cc1C. The molecule has 0 aromatic heterocycles. The third-order valence-corrected chi connectivity index (χ3v) is 3.80. The summed E-state index contributed by atoms with van der Waals surface area (Å²) >= 11 is 0. The van der Waals surface area contributed by atoms with Gasteiger partial charge in [0.1, 0.15) is 0 Å². The van der Waals surface area contributed by atoms with Crippen LogP contribution in [-0.4, -0.2) is 15.0 Å². The second-order valence-corrected chi connectivity index (χ2v) is 5.36. The lowest BCUT2D eigenvalue weighted by Gasteiger charge is -2.08. The van der Waals surface area contributed by atoms with Crippen LogP contribution in [0.25, 0.3) is 0 Å². The van der Waals surface area contributed by atoms with Crippen molar-refractivity contribution in [2.24, 2.45) is 0 Å². The number of hydrogen-bond donors (Lipinski definition) is 1. The average Bonchev–Trinajstić information content (AvgIpc) is 2.17. The van der Waals surface area contributed by atoms with Gasteiger partial charge in [-0.15, -0.1) is 12.3 Å². The number of nitrogens with one attached hydrogen (secondary N) is 1. The van der Waals surface area contributed by atoms with Gasteiger partial charge in [-0.05, 0) is 25.5 Å². The van der Waals surface area contributed by atoms with Crippen molar-refractivity contribution in [1.82, 2.24) is 4.72 Å². The van der Waals surface area contributed by atoms with Gasteiger partial charge in [0, 0.05) is 13.0 Å². The highest BCUT2D eigenvalue weighted by Crippen LogP contribution is 2.15. The van der Waals surface area contributed by atoms with Crippen molar-refractivity contribution in [3.05, 3.63) is 29.3 Å². The summed E-state index contributed by atoms with van der Waals surface area (Å²) in [6, 6.07) is 5.24. The number of rotatable bonds is 4. The molecular weight excluding hydrogens is 222 g/mol. The third kappa shape index (κ3) is 3.09. The van der Waals surface area contributed by atoms with Gasteiger partial charge in [-0.1, -0.05) is 17.7 Å². The van der Waals surface area contributed by atoms with Crippen LogP contribution in [-0.2, 0) is 10.0 Å². The zero-order valence-corrected chi connectivity index (χ0v) is 10.3. The van der Waals surface area contributed by atoms with Crippen molar-refractivity contribution in [1.29, 1.82) is 0 Å². The Labute approximate surface area is 96.9 Å². The monoisotopic (exact) mass is 237 g/mol. The van der Waals surface area contributed by atoms with Crippen LogP contribution in [0.4, 0.5) is 0 Å². The standard InChI is InChI=1S/C12H15NO2S/c1-4-5-8-13-16(14,15)12-7-6-10(2)9-11(12)3/h1,6-7,9,13H,5,8H2,2-3H3. The molecule has 16 heavy (non-hydrogen) atoms. The Bertz CT molecular complexity index is 512. The fourth-order valence-corrected chi connectivity index (χ4v) is 2.69. The highest BCUT2D eigenvalue weighted by molar-refractivity contribution is 7.89. The number of sulfonamides is 1. The quantitative estimate of drug-likeness (QED) is 0.638. The molecule has 0 atom stereocenters. The van der Waals surface area contributed by atoms with Gasteiger partial charge in [-0.2, -0.15) is 0 Å². The van der Waals surface area contributed by atoms with E-state index in [1.54, 1.807) is 19.1 Å². The number of benzene rings is 1. The lowest BCUT2D eigenvalue weighted by molar-refractivity contribution is 0.582. The Morgan fingerprint density at radius 2 is 2.06 bits per heavy atom. The van der Waals surface area contributed by atoms with E-state index in [0.29, 0.717) is 11.3 Å². The minimum atomic E-state index is -3.43. The maximum atomic E-state index is 11.9. The fraction of sp³-hybridized carbons (Fsp3) is 0.333. The van der Waals surface area contributed by atoms with Gasteiger partial charge in [0.05, 0.1) is 4.90 Å². The molecule has 0 unspecified atom stereocenters. The van der Waals surface area contributed by atoms with Crippen molar-refractivity contribution in [2.75, 3.05) is 6.54 Å². The summed E-state index contributed by atoms with van der Waals surface area (Å²) < 4.78 is 26.2. The van der Waals surface area contributed by atoms with Crippen LogP contribution >= 0.6 is 0 Å². The molecule has 1 aromatic carbocycles. The van der Waals surface area contributed by atoms with Gasteiger partial charge < -0.3 is 0 Å². The van der Waals surface area contributed by atoms with Crippen LogP contribution in [0.2, 0.25) is 0 Å². The predicted molar refractivity (Wildman–Crippen MR) is 64.6 cm³/mol. The molecule has 0 bridgehead atoms. The molecule has 86 valence electrons. The second kappa shape index (κ2) is 5.15. The Kier molecular flexibility index (Phi) is 4.11. The van der Waals surface area contributed by atoms with Gasteiger partial charge in [-0.25, -0.2) is 13.1 Å². The van der Waals surface area contributed by atoms with Crippen molar-refractivity contribution < 1.29 is 8.42 Å². The fourth-order valence-electron chi connectivity index (χ4n) is 1.44. The molecule has 0 saturated heterocycles. The lowest BCUT2D eigenvalue weighted by Crippen LogP contribution is -2.25. The maximum absolute atomic E-state index is 11.9. The Hall–Kier alpha value is -1.31. The van der Waals surface area contributed by atoms with Crippen molar-refractivity contribution in [2.45, 2.75) is 25.2 Å². The maximum Gasteiger partial charge on any atom is 0.240 e. The van der Waals surface area contributed by atoms with Gasteiger partial charge >= 0.3 is 0 Å². The van der Waals surface area contributed by atoms with Crippen LogP contribution in [0.5, 0.6) is 0 Å². The minimum Gasteiger partial charge on any atom is -0.210 e. The summed E-state index contributed by atoms with van der Waals surface area (Å²) in [5, 5.41) is 0. The Balaban J connectivity index is 2.95. The molecule has 0 saturated carbocycles. The van der Waals surface area contributed by atoms with E-state index in [1.165, 1.54) is 0 Å². The molecule has 0 amide bonds. The van der Waals surface area contributed by atoms with Crippen LogP contribution in [0.3, 0.4) is 0 Å². The molecule has 0 radical (unpaired) electrons. The lowest BCUT2D eigenvalue weighted by atomic mass is 10.2. The molecule has 0 aliphatic heterocycles. The molecular formula is C12H15NO2S. The van der Waals surface area contributed by atoms with Gasteiger partial charge in [0.15, 0.2) is 0 Å². The van der Waals surface area contributed by atoms with E-state index in [9.17, 15) is 8.42 Å². The summed E-state index contributed by atoms with van der Waals surface area (Å²) in [4.78, 5) is 0.315. The zero-order chi connectivity index (χ0) is 12.2. The van der Waals surface area contributed by atoms with Crippen LogP contribution < -0.4 is 4.72 Å². The van der Waals surface area contributed by atoms with Crippen molar-refractivity contribution in [3.8, 4) is 12.3 Å². The third-order valence-electron chi connectivity index (χ3n) is 2.18. The zero-order valence-electron chi connectivity index (χ0n) is 9.45.